The van der Waals surface area contributed by atoms with Gasteiger partial charge in [0.05, 0.1) is 18.3 Å². The van der Waals surface area contributed by atoms with Gasteiger partial charge in [0.15, 0.2) is 0 Å². The highest BCUT2D eigenvalue weighted by Gasteiger charge is 2.23. The zero-order valence-corrected chi connectivity index (χ0v) is 17.1. The molecular formula is C23H25ClN4O. The van der Waals surface area contributed by atoms with E-state index in [0.29, 0.717) is 17.1 Å². The van der Waals surface area contributed by atoms with Crippen molar-refractivity contribution in [1.82, 2.24) is 19.6 Å². The first-order chi connectivity index (χ1) is 14.2. The smallest absolute Gasteiger partial charge is 0.257 e. The zero-order chi connectivity index (χ0) is 20.1. The summed E-state index contributed by atoms with van der Waals surface area (Å²) < 4.78 is 1.77. The minimum absolute atomic E-state index is 0.0538. The molecule has 2 heterocycles. The van der Waals surface area contributed by atoms with Crippen LogP contribution < -0.4 is 0 Å². The Labute approximate surface area is 176 Å². The molecule has 6 heteroatoms. The Morgan fingerprint density at radius 3 is 2.45 bits per heavy atom. The highest BCUT2D eigenvalue weighted by Crippen LogP contribution is 2.16. The Bertz CT molecular complexity index is 948. The predicted molar refractivity (Wildman–Crippen MR) is 115 cm³/mol. The van der Waals surface area contributed by atoms with Gasteiger partial charge in [-0.1, -0.05) is 60.1 Å². The third kappa shape index (κ3) is 5.05. The summed E-state index contributed by atoms with van der Waals surface area (Å²) in [5, 5.41) is 5.06. The fraction of sp³-hybridized carbons (Fsp3) is 0.304. The van der Waals surface area contributed by atoms with Crippen LogP contribution in [-0.2, 0) is 13.0 Å². The largest absolute Gasteiger partial charge is 0.336 e. The van der Waals surface area contributed by atoms with Crippen LogP contribution in [0.5, 0.6) is 0 Å². The molecule has 4 rings (SSSR count). The van der Waals surface area contributed by atoms with Crippen molar-refractivity contribution in [2.24, 2.45) is 0 Å². The number of carbonyl (C=O) groups is 1. The monoisotopic (exact) mass is 408 g/mol. The highest BCUT2D eigenvalue weighted by molar-refractivity contribution is 6.31. The molecule has 5 nitrogen and oxygen atoms in total. The average Bonchev–Trinajstić information content (AvgIpc) is 3.23. The van der Waals surface area contributed by atoms with E-state index in [4.69, 9.17) is 11.6 Å². The maximum absolute atomic E-state index is 12.8. The van der Waals surface area contributed by atoms with E-state index in [2.05, 4.69) is 34.3 Å². The molecule has 2 aromatic carbocycles. The number of halogens is 1. The van der Waals surface area contributed by atoms with Gasteiger partial charge in [0.2, 0.25) is 0 Å². The highest BCUT2D eigenvalue weighted by atomic mass is 35.5. The van der Waals surface area contributed by atoms with E-state index >= 15 is 0 Å². The third-order valence-electron chi connectivity index (χ3n) is 5.39. The molecule has 1 aliphatic heterocycles. The first kappa shape index (κ1) is 19.7. The maximum atomic E-state index is 12.8. The van der Waals surface area contributed by atoms with Gasteiger partial charge in [0.1, 0.15) is 0 Å². The van der Waals surface area contributed by atoms with Gasteiger partial charge in [-0.3, -0.25) is 14.4 Å². The third-order valence-corrected chi connectivity index (χ3v) is 5.76. The zero-order valence-electron chi connectivity index (χ0n) is 16.4. The quantitative estimate of drug-likeness (QED) is 0.626. The van der Waals surface area contributed by atoms with Crippen molar-refractivity contribution >= 4 is 17.5 Å². The van der Waals surface area contributed by atoms with Gasteiger partial charge in [-0.15, -0.1) is 0 Å². The van der Waals surface area contributed by atoms with Gasteiger partial charge in [-0.2, -0.15) is 5.10 Å². The Hall–Kier alpha value is -2.63. The number of rotatable bonds is 6. The summed E-state index contributed by atoms with van der Waals surface area (Å²) in [7, 11) is 0. The van der Waals surface area contributed by atoms with Crippen molar-refractivity contribution in [3.63, 3.8) is 0 Å². The van der Waals surface area contributed by atoms with Crippen LogP contribution in [0.3, 0.4) is 0 Å². The van der Waals surface area contributed by atoms with Crippen LogP contribution in [0.4, 0.5) is 0 Å². The Balaban J connectivity index is 1.28. The molecule has 0 bridgehead atoms. The van der Waals surface area contributed by atoms with Crippen molar-refractivity contribution in [1.29, 1.82) is 0 Å². The first-order valence-corrected chi connectivity index (χ1v) is 10.4. The standard InChI is InChI=1S/C23H25ClN4O/c24-22-9-5-4-8-20(22)17-28-18-21(16-25-28)23(29)27-14-12-26(13-15-27)11-10-19-6-2-1-3-7-19/h1-9,16,18H,10-15,17H2. The lowest BCUT2D eigenvalue weighted by Gasteiger charge is -2.34. The van der Waals surface area contributed by atoms with E-state index in [-0.39, 0.29) is 5.91 Å². The van der Waals surface area contributed by atoms with Gasteiger partial charge in [0, 0.05) is 43.9 Å². The number of nitrogens with zero attached hydrogens (tertiary/aromatic N) is 4. The van der Waals surface area contributed by atoms with Gasteiger partial charge < -0.3 is 4.90 Å². The van der Waals surface area contributed by atoms with Crippen LogP contribution in [0.25, 0.3) is 0 Å². The van der Waals surface area contributed by atoms with Crippen molar-refractivity contribution in [3.05, 3.63) is 88.7 Å². The van der Waals surface area contributed by atoms with Crippen LogP contribution >= 0.6 is 11.6 Å². The van der Waals surface area contributed by atoms with Gasteiger partial charge in [0.25, 0.3) is 5.91 Å². The number of carbonyl (C=O) groups excluding carboxylic acids is 1. The van der Waals surface area contributed by atoms with Gasteiger partial charge >= 0.3 is 0 Å². The topological polar surface area (TPSA) is 41.4 Å². The molecular weight excluding hydrogens is 384 g/mol. The van der Waals surface area contributed by atoms with E-state index < -0.39 is 0 Å². The molecule has 0 unspecified atom stereocenters. The summed E-state index contributed by atoms with van der Waals surface area (Å²) in [6.07, 6.45) is 4.51. The summed E-state index contributed by atoms with van der Waals surface area (Å²) in [6, 6.07) is 18.2. The van der Waals surface area contributed by atoms with Crippen LogP contribution in [-0.4, -0.2) is 58.2 Å². The van der Waals surface area contributed by atoms with E-state index in [1.807, 2.05) is 41.4 Å². The molecule has 1 fully saturated rings. The van der Waals surface area contributed by atoms with Crippen LogP contribution in [0.2, 0.25) is 5.02 Å². The molecule has 150 valence electrons. The van der Waals surface area contributed by atoms with Gasteiger partial charge in [-0.25, -0.2) is 0 Å². The fourth-order valence-corrected chi connectivity index (χ4v) is 3.85. The number of amides is 1. The number of benzene rings is 2. The molecule has 0 aliphatic carbocycles. The normalized spacial score (nSPS) is 14.9. The lowest BCUT2D eigenvalue weighted by atomic mass is 10.1. The molecule has 3 aromatic rings. The maximum Gasteiger partial charge on any atom is 0.257 e. The molecule has 0 N–H and O–H groups in total. The van der Waals surface area contributed by atoms with E-state index in [1.54, 1.807) is 10.9 Å². The van der Waals surface area contributed by atoms with E-state index in [9.17, 15) is 4.79 Å². The van der Waals surface area contributed by atoms with E-state index in [1.165, 1.54) is 5.56 Å². The average molecular weight is 409 g/mol. The second-order valence-electron chi connectivity index (χ2n) is 7.39. The lowest BCUT2D eigenvalue weighted by molar-refractivity contribution is 0.0638. The summed E-state index contributed by atoms with van der Waals surface area (Å²) in [5.74, 6) is 0.0538. The number of hydrogen-bond acceptors (Lipinski definition) is 3. The van der Waals surface area contributed by atoms with E-state index in [0.717, 1.165) is 44.7 Å². The Morgan fingerprint density at radius 1 is 0.966 bits per heavy atom. The van der Waals surface area contributed by atoms with Crippen LogP contribution in [0, 0.1) is 0 Å². The lowest BCUT2D eigenvalue weighted by Crippen LogP contribution is -2.49. The number of hydrogen-bond donors (Lipinski definition) is 0. The Morgan fingerprint density at radius 2 is 1.69 bits per heavy atom. The molecule has 1 saturated heterocycles. The first-order valence-electron chi connectivity index (χ1n) is 10.0. The summed E-state index contributed by atoms with van der Waals surface area (Å²) in [6.45, 7) is 4.91. The molecule has 1 aromatic heterocycles. The Kier molecular flexibility index (Phi) is 6.27. The molecule has 1 amide bonds. The minimum Gasteiger partial charge on any atom is -0.336 e. The SMILES string of the molecule is O=C(c1cnn(Cc2ccccc2Cl)c1)N1CCN(CCc2ccccc2)CC1. The molecule has 0 radical (unpaired) electrons. The molecule has 0 saturated carbocycles. The summed E-state index contributed by atoms with van der Waals surface area (Å²) in [5.41, 5.74) is 2.98. The second-order valence-corrected chi connectivity index (χ2v) is 7.79. The second kappa shape index (κ2) is 9.25. The van der Waals surface area contributed by atoms with Crippen LogP contribution in [0.15, 0.2) is 67.0 Å². The number of aromatic nitrogens is 2. The van der Waals surface area contributed by atoms with Crippen LogP contribution in [0.1, 0.15) is 21.5 Å². The molecule has 0 spiro atoms. The summed E-state index contributed by atoms with van der Waals surface area (Å²) in [4.78, 5) is 17.2. The van der Waals surface area contributed by atoms with Gasteiger partial charge in [-0.05, 0) is 23.6 Å². The summed E-state index contributed by atoms with van der Waals surface area (Å²) >= 11 is 6.22. The molecule has 1 aliphatic rings. The molecule has 0 atom stereocenters. The predicted octanol–water partition coefficient (Wildman–Crippen LogP) is 3.59. The van der Waals surface area contributed by atoms with Crippen molar-refractivity contribution in [2.75, 3.05) is 32.7 Å². The van der Waals surface area contributed by atoms with Crippen molar-refractivity contribution < 1.29 is 4.79 Å². The minimum atomic E-state index is 0.0538. The van der Waals surface area contributed by atoms with Crippen molar-refractivity contribution in [3.8, 4) is 0 Å². The number of piperazine rings is 1. The fourth-order valence-electron chi connectivity index (χ4n) is 3.65. The van der Waals surface area contributed by atoms with Crippen molar-refractivity contribution in [2.45, 2.75) is 13.0 Å². The molecule has 29 heavy (non-hydrogen) atoms.